The summed E-state index contributed by atoms with van der Waals surface area (Å²) in [5, 5.41) is 3.36. The van der Waals surface area contributed by atoms with Gasteiger partial charge in [0.2, 0.25) is 0 Å². The van der Waals surface area contributed by atoms with Crippen LogP contribution in [-0.4, -0.2) is 30.1 Å². The SMILES string of the molecule is CCOC(=O)C1CSC2=C(CC(C)(C)C/C2=N\c2ccc(F)cc2)N1. The highest BCUT2D eigenvalue weighted by Gasteiger charge is 2.37. The molecule has 6 heteroatoms. The fourth-order valence-corrected chi connectivity index (χ4v) is 4.31. The number of thioether (sulfide) groups is 1. The molecule has 0 radical (unpaired) electrons. The summed E-state index contributed by atoms with van der Waals surface area (Å²) in [6.45, 7) is 6.58. The standard InChI is InChI=1S/C19H23FN2O2S/c1-4-24-18(23)16-11-25-17-14(9-19(2,3)10-15(17)22-16)21-13-7-5-12(20)6-8-13/h5-8,16,22H,4,9-11H2,1-3H3/b21-14+. The lowest BCUT2D eigenvalue weighted by atomic mass is 9.78. The molecular formula is C19H23FN2O2S. The van der Waals surface area contributed by atoms with Gasteiger partial charge >= 0.3 is 5.97 Å². The molecule has 1 heterocycles. The Labute approximate surface area is 151 Å². The maximum absolute atomic E-state index is 13.1. The molecule has 0 aromatic heterocycles. The van der Waals surface area contributed by atoms with Gasteiger partial charge in [0.05, 0.1) is 18.0 Å². The highest BCUT2D eigenvalue weighted by atomic mass is 32.2. The number of benzene rings is 1. The van der Waals surface area contributed by atoms with E-state index >= 15 is 0 Å². The smallest absolute Gasteiger partial charge is 0.329 e. The number of ether oxygens (including phenoxy) is 1. The van der Waals surface area contributed by atoms with Gasteiger partial charge in [0.15, 0.2) is 0 Å². The van der Waals surface area contributed by atoms with Crippen LogP contribution in [0.3, 0.4) is 0 Å². The molecule has 134 valence electrons. The number of hydrogen-bond donors (Lipinski definition) is 1. The summed E-state index contributed by atoms with van der Waals surface area (Å²) in [5.74, 6) is 0.154. The second kappa shape index (κ2) is 7.20. The number of rotatable bonds is 3. The summed E-state index contributed by atoms with van der Waals surface area (Å²) in [6, 6.07) is 5.90. The lowest BCUT2D eigenvalue weighted by Gasteiger charge is -2.38. The van der Waals surface area contributed by atoms with Gasteiger partial charge in [0.1, 0.15) is 11.9 Å². The average Bonchev–Trinajstić information content (AvgIpc) is 2.55. The number of carbonyl (C=O) groups excluding carboxylic acids is 1. The zero-order chi connectivity index (χ0) is 18.0. The number of carbonyl (C=O) groups is 1. The van der Waals surface area contributed by atoms with Crippen molar-refractivity contribution in [3.05, 3.63) is 40.7 Å². The Hall–Kier alpha value is -1.82. The van der Waals surface area contributed by atoms with Crippen LogP contribution in [0.15, 0.2) is 39.9 Å². The molecule has 0 bridgehead atoms. The zero-order valence-corrected chi connectivity index (χ0v) is 15.6. The lowest BCUT2D eigenvalue weighted by molar-refractivity contribution is -0.144. The minimum atomic E-state index is -0.315. The fraction of sp³-hybridized carbons (Fsp3) is 0.474. The van der Waals surface area contributed by atoms with E-state index < -0.39 is 0 Å². The molecule has 25 heavy (non-hydrogen) atoms. The quantitative estimate of drug-likeness (QED) is 0.819. The Bertz CT molecular complexity index is 725. The number of allylic oxidation sites excluding steroid dienone is 2. The number of nitrogens with one attached hydrogen (secondary N) is 1. The van der Waals surface area contributed by atoms with Crippen LogP contribution in [0.2, 0.25) is 0 Å². The highest BCUT2D eigenvalue weighted by molar-refractivity contribution is 8.04. The molecule has 0 spiro atoms. The molecule has 1 N–H and O–H groups in total. The summed E-state index contributed by atoms with van der Waals surface area (Å²) in [6.07, 6.45) is 1.72. The Morgan fingerprint density at radius 3 is 2.76 bits per heavy atom. The van der Waals surface area contributed by atoms with Crippen molar-refractivity contribution < 1.29 is 13.9 Å². The van der Waals surface area contributed by atoms with E-state index in [1.807, 2.05) is 6.92 Å². The number of halogens is 1. The molecule has 0 fully saturated rings. The van der Waals surface area contributed by atoms with Crippen molar-refractivity contribution in [2.75, 3.05) is 12.4 Å². The summed E-state index contributed by atoms with van der Waals surface area (Å²) in [4.78, 5) is 17.9. The Morgan fingerprint density at radius 2 is 2.08 bits per heavy atom. The number of aliphatic imine (C=N–C) groups is 1. The normalized spacial score (nSPS) is 23.8. The van der Waals surface area contributed by atoms with E-state index in [0.29, 0.717) is 12.4 Å². The molecule has 3 rings (SSSR count). The predicted octanol–water partition coefficient (Wildman–Crippen LogP) is 4.20. The van der Waals surface area contributed by atoms with Crippen LogP contribution in [0.4, 0.5) is 10.1 Å². The molecule has 1 aromatic rings. The van der Waals surface area contributed by atoms with E-state index in [1.54, 1.807) is 23.9 Å². The van der Waals surface area contributed by atoms with Crippen molar-refractivity contribution in [3.8, 4) is 0 Å². The third kappa shape index (κ3) is 4.24. The molecular weight excluding hydrogens is 339 g/mol. The van der Waals surface area contributed by atoms with E-state index in [0.717, 1.165) is 34.8 Å². The van der Waals surface area contributed by atoms with E-state index in [9.17, 15) is 9.18 Å². The highest BCUT2D eigenvalue weighted by Crippen LogP contribution is 2.43. The van der Waals surface area contributed by atoms with Crippen LogP contribution in [-0.2, 0) is 9.53 Å². The molecule has 1 atom stereocenters. The summed E-state index contributed by atoms with van der Waals surface area (Å²) in [5.41, 5.74) is 2.85. The Balaban J connectivity index is 1.90. The van der Waals surface area contributed by atoms with Gasteiger partial charge in [0.25, 0.3) is 0 Å². The van der Waals surface area contributed by atoms with E-state index in [2.05, 4.69) is 19.2 Å². The molecule has 0 saturated heterocycles. The van der Waals surface area contributed by atoms with Gasteiger partial charge < -0.3 is 10.1 Å². The molecule has 0 saturated carbocycles. The van der Waals surface area contributed by atoms with Crippen molar-refractivity contribution in [2.24, 2.45) is 10.4 Å². The molecule has 2 aliphatic rings. The maximum Gasteiger partial charge on any atom is 0.329 e. The van der Waals surface area contributed by atoms with Gasteiger partial charge in [-0.3, -0.25) is 4.99 Å². The average molecular weight is 362 g/mol. The number of hydrogen-bond acceptors (Lipinski definition) is 5. The molecule has 1 aromatic carbocycles. The largest absolute Gasteiger partial charge is 0.464 e. The first-order valence-corrected chi connectivity index (χ1v) is 9.49. The zero-order valence-electron chi connectivity index (χ0n) is 14.8. The van der Waals surface area contributed by atoms with Crippen molar-refractivity contribution in [3.63, 3.8) is 0 Å². The van der Waals surface area contributed by atoms with Crippen molar-refractivity contribution >= 4 is 29.1 Å². The predicted molar refractivity (Wildman–Crippen MR) is 99.6 cm³/mol. The molecule has 1 aliphatic carbocycles. The topological polar surface area (TPSA) is 50.7 Å². The van der Waals surface area contributed by atoms with Gasteiger partial charge in [0, 0.05) is 16.4 Å². The maximum atomic E-state index is 13.1. The van der Waals surface area contributed by atoms with E-state index in [-0.39, 0.29) is 23.2 Å². The summed E-state index contributed by atoms with van der Waals surface area (Å²) >= 11 is 1.65. The molecule has 4 nitrogen and oxygen atoms in total. The third-order valence-corrected chi connectivity index (χ3v) is 5.51. The monoisotopic (exact) mass is 362 g/mol. The van der Waals surface area contributed by atoms with Crippen LogP contribution in [0.5, 0.6) is 0 Å². The van der Waals surface area contributed by atoms with Crippen molar-refractivity contribution in [1.29, 1.82) is 0 Å². The van der Waals surface area contributed by atoms with Crippen LogP contribution in [0, 0.1) is 11.2 Å². The summed E-state index contributed by atoms with van der Waals surface area (Å²) < 4.78 is 18.3. The van der Waals surface area contributed by atoms with Crippen molar-refractivity contribution in [2.45, 2.75) is 39.7 Å². The van der Waals surface area contributed by atoms with Crippen LogP contribution < -0.4 is 5.32 Å². The number of nitrogens with zero attached hydrogens (tertiary/aromatic N) is 1. The van der Waals surface area contributed by atoms with E-state index in [4.69, 9.17) is 9.73 Å². The first-order chi connectivity index (χ1) is 11.9. The summed E-state index contributed by atoms with van der Waals surface area (Å²) in [7, 11) is 0. The van der Waals surface area contributed by atoms with Gasteiger partial charge in [-0.15, -0.1) is 11.8 Å². The minimum absolute atomic E-state index is 0.0435. The number of esters is 1. The van der Waals surface area contributed by atoms with Crippen LogP contribution >= 0.6 is 11.8 Å². The van der Waals surface area contributed by atoms with E-state index in [1.165, 1.54) is 12.1 Å². The van der Waals surface area contributed by atoms with Gasteiger partial charge in [-0.2, -0.15) is 0 Å². The first kappa shape index (κ1) is 18.0. The molecule has 1 aliphatic heterocycles. The first-order valence-electron chi connectivity index (χ1n) is 8.50. The van der Waals surface area contributed by atoms with Crippen LogP contribution in [0.25, 0.3) is 0 Å². The molecule has 0 amide bonds. The van der Waals surface area contributed by atoms with Gasteiger partial charge in [-0.05, 0) is 49.4 Å². The third-order valence-electron chi connectivity index (χ3n) is 4.24. The van der Waals surface area contributed by atoms with Gasteiger partial charge in [-0.25, -0.2) is 9.18 Å². The molecule has 1 unspecified atom stereocenters. The Morgan fingerprint density at radius 1 is 1.36 bits per heavy atom. The fourth-order valence-electron chi connectivity index (χ4n) is 3.17. The van der Waals surface area contributed by atoms with Crippen molar-refractivity contribution in [1.82, 2.24) is 5.32 Å². The Kier molecular flexibility index (Phi) is 5.18. The second-order valence-electron chi connectivity index (χ2n) is 7.12. The second-order valence-corrected chi connectivity index (χ2v) is 8.15. The minimum Gasteiger partial charge on any atom is -0.464 e. The lowest BCUT2D eigenvalue weighted by Crippen LogP contribution is -2.45. The van der Waals surface area contributed by atoms with Crippen LogP contribution in [0.1, 0.15) is 33.6 Å². The van der Waals surface area contributed by atoms with Gasteiger partial charge in [-0.1, -0.05) is 13.8 Å².